The molecule has 0 aromatic carbocycles. The van der Waals surface area contributed by atoms with Crippen molar-refractivity contribution in [1.29, 1.82) is 0 Å². The van der Waals surface area contributed by atoms with Crippen LogP contribution in [0.5, 0.6) is 0 Å². The van der Waals surface area contributed by atoms with Gasteiger partial charge in [-0.25, -0.2) is 0 Å². The summed E-state index contributed by atoms with van der Waals surface area (Å²) in [5, 5.41) is 10.8. The summed E-state index contributed by atoms with van der Waals surface area (Å²) in [7, 11) is 1.78. The fourth-order valence-corrected chi connectivity index (χ4v) is 13.5. The molecule has 4 aliphatic carbocycles. The van der Waals surface area contributed by atoms with Gasteiger partial charge in [0.05, 0.1) is 0 Å². The lowest BCUT2D eigenvalue weighted by molar-refractivity contribution is -0.152. The number of hydrogen-bond acceptors (Lipinski definition) is 9. The maximum Gasteiger partial charge on any atom is 0.325 e. The Morgan fingerprint density at radius 1 is 0.841 bits per heavy atom. The first-order chi connectivity index (χ1) is 32.6. The van der Waals surface area contributed by atoms with E-state index in [1.165, 1.54) is 55.9 Å². The Bertz CT molecular complexity index is 2020. The molecule has 2 aliphatic heterocycles. The van der Waals surface area contributed by atoms with E-state index >= 15 is 0 Å². The standard InChI is InChI=1S/C54H85N7O8/c1-32(2)14-15-34(5)40-18-19-41-39-17-16-37-29-38(22-24-53(37,7)42(39)23-25-54(40,41)8)69-47(63)30-56-51(67)45-13-11-27-61(45)52(68)44(28-33(3)4)59-50(66)43(20-21-46(55)62)58-48(64)35(6)57-49(65)36-12-10-26-60(9)31-36/h10,16,26,31-35,38-45H,11-15,17-25,27-30H2,1-9H3,(H2,55,62)(H,56,67)(H,57,65)(H,58,64)(H,59,66)/t34-,35+,38-,39+,40-,41+,42+,43+,44+,45+,53+,54-/m1/s1. The molecule has 0 aromatic heterocycles. The molecule has 15 nitrogen and oxygen atoms in total. The van der Waals surface area contributed by atoms with Gasteiger partial charge in [-0.05, 0) is 142 Å². The monoisotopic (exact) mass is 960 g/mol. The van der Waals surface area contributed by atoms with Crippen molar-refractivity contribution >= 4 is 41.4 Å². The topological polar surface area (TPSA) is 209 Å². The predicted octanol–water partition coefficient (Wildman–Crippen LogP) is 6.18. The molecule has 0 spiro atoms. The van der Waals surface area contributed by atoms with Crippen molar-refractivity contribution in [2.75, 3.05) is 20.1 Å². The SMILES string of the molecule is CC(C)CC[C@@H](C)[C@H]1CC[C@H]2[C@@H]3CC=C4C[C@H](OC(=O)CNC(=O)[C@@H]5CCCN5C(=O)[C@H](CC(C)C)NC(=O)[C@H](CCC(N)=O)NC(=O)[C@H](C)NC(=O)C5=CN(C)C=CC5)CC[C@]4(C)[C@H]3CC[C@]12C. The van der Waals surface area contributed by atoms with Gasteiger partial charge in [-0.3, -0.25) is 33.6 Å². The summed E-state index contributed by atoms with van der Waals surface area (Å²) in [5.41, 5.74) is 7.85. The maximum absolute atomic E-state index is 14.2. The zero-order valence-corrected chi connectivity index (χ0v) is 43.2. The molecule has 6 rings (SSSR count). The molecule has 69 heavy (non-hydrogen) atoms. The number of rotatable bonds is 20. The van der Waals surface area contributed by atoms with Gasteiger partial charge < -0.3 is 41.5 Å². The summed E-state index contributed by atoms with van der Waals surface area (Å²) >= 11 is 0. The number of likely N-dealkylation sites (tertiary alicyclic amines) is 1. The Balaban J connectivity index is 1.01. The van der Waals surface area contributed by atoms with Crippen LogP contribution >= 0.6 is 0 Å². The van der Waals surface area contributed by atoms with Gasteiger partial charge in [0.25, 0.3) is 0 Å². The third-order valence-corrected chi connectivity index (χ3v) is 17.3. The number of allylic oxidation sites excluding steroid dienone is 2. The number of primary amides is 1. The van der Waals surface area contributed by atoms with Gasteiger partial charge in [0.2, 0.25) is 35.4 Å². The van der Waals surface area contributed by atoms with Crippen LogP contribution in [0, 0.1) is 52.3 Å². The lowest BCUT2D eigenvalue weighted by atomic mass is 9.47. The summed E-state index contributed by atoms with van der Waals surface area (Å²) in [4.78, 5) is 96.3. The summed E-state index contributed by atoms with van der Waals surface area (Å²) < 4.78 is 6.04. The number of esters is 1. The normalized spacial score (nSPS) is 30.1. The molecule has 6 N–H and O–H groups in total. The van der Waals surface area contributed by atoms with Crippen LogP contribution in [0.1, 0.15) is 158 Å². The second-order valence-corrected chi connectivity index (χ2v) is 23.1. The molecule has 15 heteroatoms. The van der Waals surface area contributed by atoms with Gasteiger partial charge >= 0.3 is 5.97 Å². The number of hydrogen-bond donors (Lipinski definition) is 5. The molecule has 1 saturated heterocycles. The molecule has 4 fully saturated rings. The third-order valence-electron chi connectivity index (χ3n) is 17.3. The van der Waals surface area contributed by atoms with Crippen LogP contribution in [0.4, 0.5) is 0 Å². The van der Waals surface area contributed by atoms with Gasteiger partial charge in [0.15, 0.2) is 0 Å². The van der Waals surface area contributed by atoms with E-state index < -0.39 is 65.6 Å². The largest absolute Gasteiger partial charge is 0.461 e. The minimum Gasteiger partial charge on any atom is -0.461 e. The summed E-state index contributed by atoms with van der Waals surface area (Å²) in [5.74, 6) is 0.529. The first-order valence-corrected chi connectivity index (χ1v) is 26.4. The Morgan fingerprint density at radius 2 is 1.58 bits per heavy atom. The number of ether oxygens (including phenoxy) is 1. The minimum atomic E-state index is -1.25. The molecular weight excluding hydrogens is 875 g/mol. The molecule has 12 atom stereocenters. The number of fused-ring (bicyclic) bond motifs is 5. The van der Waals surface area contributed by atoms with Gasteiger partial charge in [-0.1, -0.05) is 79.0 Å². The van der Waals surface area contributed by atoms with Crippen LogP contribution in [-0.4, -0.2) is 102 Å². The highest BCUT2D eigenvalue weighted by Gasteiger charge is 2.59. The third kappa shape index (κ3) is 12.8. The van der Waals surface area contributed by atoms with Gasteiger partial charge in [-0.2, -0.15) is 0 Å². The van der Waals surface area contributed by atoms with Crippen LogP contribution in [0.15, 0.2) is 35.7 Å². The zero-order valence-electron chi connectivity index (χ0n) is 43.2. The molecule has 0 radical (unpaired) electrons. The average Bonchev–Trinajstić information content (AvgIpc) is 3.93. The molecule has 384 valence electrons. The van der Waals surface area contributed by atoms with E-state index in [-0.39, 0.29) is 49.8 Å². The summed E-state index contributed by atoms with van der Waals surface area (Å²) in [6.07, 6.45) is 20.3. The van der Waals surface area contributed by atoms with E-state index in [2.05, 4.69) is 62.0 Å². The van der Waals surface area contributed by atoms with E-state index in [1.807, 2.05) is 26.1 Å². The molecule has 6 aliphatic rings. The fraction of sp³-hybridized carbons (Fsp3) is 0.759. The maximum atomic E-state index is 14.2. The van der Waals surface area contributed by atoms with E-state index in [4.69, 9.17) is 10.5 Å². The highest BCUT2D eigenvalue weighted by Crippen LogP contribution is 2.67. The van der Waals surface area contributed by atoms with Crippen LogP contribution in [0.25, 0.3) is 0 Å². The molecule has 0 bridgehead atoms. The number of nitrogens with one attached hydrogen (secondary N) is 4. The lowest BCUT2D eigenvalue weighted by Gasteiger charge is -2.58. The quantitative estimate of drug-likeness (QED) is 0.0697. The smallest absolute Gasteiger partial charge is 0.325 e. The van der Waals surface area contributed by atoms with Crippen LogP contribution in [-0.2, 0) is 38.3 Å². The Morgan fingerprint density at radius 3 is 2.28 bits per heavy atom. The second-order valence-electron chi connectivity index (χ2n) is 23.1. The van der Waals surface area contributed by atoms with E-state index in [9.17, 15) is 33.6 Å². The lowest BCUT2D eigenvalue weighted by Crippen LogP contribution is -2.58. The first kappa shape index (κ1) is 53.7. The molecule has 0 aromatic rings. The highest BCUT2D eigenvalue weighted by molar-refractivity contribution is 5.99. The van der Waals surface area contributed by atoms with Crippen molar-refractivity contribution in [2.24, 2.45) is 58.0 Å². The van der Waals surface area contributed by atoms with E-state index in [1.54, 1.807) is 18.1 Å². The van der Waals surface area contributed by atoms with Crippen molar-refractivity contribution in [3.05, 3.63) is 35.7 Å². The number of nitrogens with two attached hydrogens (primary N) is 1. The van der Waals surface area contributed by atoms with E-state index in [0.717, 1.165) is 49.4 Å². The zero-order chi connectivity index (χ0) is 50.4. The van der Waals surface area contributed by atoms with Crippen LogP contribution in [0.3, 0.4) is 0 Å². The number of nitrogens with zero attached hydrogens (tertiary/aromatic N) is 2. The number of amides is 6. The van der Waals surface area contributed by atoms with Gasteiger partial charge in [0, 0.05) is 38.2 Å². The Kier molecular flexibility index (Phi) is 17.9. The Hall–Kier alpha value is -4.69. The molecule has 6 amide bonds. The average molecular weight is 960 g/mol. The number of carbonyl (C=O) groups excluding carboxylic acids is 7. The van der Waals surface area contributed by atoms with E-state index in [0.29, 0.717) is 42.1 Å². The summed E-state index contributed by atoms with van der Waals surface area (Å²) in [6, 6.07) is -4.19. The minimum absolute atomic E-state index is 0.0454. The second kappa shape index (κ2) is 23.0. The van der Waals surface area contributed by atoms with Crippen molar-refractivity contribution in [2.45, 2.75) is 188 Å². The van der Waals surface area contributed by atoms with Crippen molar-refractivity contribution < 1.29 is 38.3 Å². The van der Waals surface area contributed by atoms with Crippen molar-refractivity contribution in [3.63, 3.8) is 0 Å². The van der Waals surface area contributed by atoms with Crippen LogP contribution in [0.2, 0.25) is 0 Å². The summed E-state index contributed by atoms with van der Waals surface area (Å²) in [6.45, 7) is 17.5. The van der Waals surface area contributed by atoms with Crippen molar-refractivity contribution in [1.82, 2.24) is 31.1 Å². The molecular formula is C54H85N7O8. The molecule has 3 saturated carbocycles. The number of carbonyl (C=O) groups is 7. The highest BCUT2D eigenvalue weighted by atomic mass is 16.5. The van der Waals surface area contributed by atoms with Gasteiger partial charge in [0.1, 0.15) is 36.8 Å². The predicted molar refractivity (Wildman–Crippen MR) is 265 cm³/mol. The van der Waals surface area contributed by atoms with Crippen LogP contribution < -0.4 is 27.0 Å². The van der Waals surface area contributed by atoms with Crippen molar-refractivity contribution in [3.8, 4) is 0 Å². The molecule has 0 unspecified atom stereocenters. The Labute approximate surface area is 411 Å². The fourth-order valence-electron chi connectivity index (χ4n) is 13.5. The van der Waals surface area contributed by atoms with Gasteiger partial charge in [-0.15, -0.1) is 0 Å². The first-order valence-electron chi connectivity index (χ1n) is 26.4. The molecule has 2 heterocycles.